The van der Waals surface area contributed by atoms with Crippen molar-refractivity contribution in [3.05, 3.63) is 5.89 Å². The molecular formula is C10H18N4O3. The molecule has 0 aliphatic carbocycles. The van der Waals surface area contributed by atoms with Crippen molar-refractivity contribution in [1.82, 2.24) is 15.1 Å². The van der Waals surface area contributed by atoms with Crippen LogP contribution in [0.2, 0.25) is 0 Å². The summed E-state index contributed by atoms with van der Waals surface area (Å²) in [6.45, 7) is 4.47. The summed E-state index contributed by atoms with van der Waals surface area (Å²) in [5.41, 5.74) is 0. The minimum Gasteiger partial charge on any atom is -0.408 e. The Morgan fingerprint density at radius 3 is 2.76 bits per heavy atom. The van der Waals surface area contributed by atoms with Crippen molar-refractivity contribution in [3.63, 3.8) is 0 Å². The van der Waals surface area contributed by atoms with Crippen LogP contribution in [-0.2, 0) is 4.79 Å². The molecule has 7 nitrogen and oxygen atoms in total. The molecule has 1 amide bonds. The zero-order valence-corrected chi connectivity index (χ0v) is 10.3. The Labute approximate surface area is 99.8 Å². The van der Waals surface area contributed by atoms with Gasteiger partial charge in [-0.1, -0.05) is 18.9 Å². The Morgan fingerprint density at radius 1 is 1.53 bits per heavy atom. The van der Waals surface area contributed by atoms with Crippen molar-refractivity contribution >= 4 is 11.9 Å². The topological polar surface area (TPSA) is 91.5 Å². The summed E-state index contributed by atoms with van der Waals surface area (Å²) in [4.78, 5) is 13.2. The number of hydrogen-bond donors (Lipinski definition) is 2. The Morgan fingerprint density at radius 2 is 2.24 bits per heavy atom. The van der Waals surface area contributed by atoms with Crippen molar-refractivity contribution in [2.75, 3.05) is 32.1 Å². The molecule has 0 aliphatic heterocycles. The van der Waals surface area contributed by atoms with Gasteiger partial charge in [-0.3, -0.25) is 15.0 Å². The monoisotopic (exact) mass is 242 g/mol. The minimum atomic E-state index is -0.250. The summed E-state index contributed by atoms with van der Waals surface area (Å²) in [5.74, 6) is 0.370. The number of amides is 1. The maximum atomic E-state index is 11.5. The number of nitrogens with one attached hydrogen (secondary N) is 1. The molecule has 0 saturated carbocycles. The van der Waals surface area contributed by atoms with Gasteiger partial charge in [0.2, 0.25) is 11.8 Å². The molecule has 1 aromatic rings. The number of carbonyl (C=O) groups excluding carboxylic acids is 1. The van der Waals surface area contributed by atoms with Crippen molar-refractivity contribution in [2.45, 2.75) is 19.8 Å². The second-order valence-corrected chi connectivity index (χ2v) is 4.11. The lowest BCUT2D eigenvalue weighted by molar-refractivity contribution is -0.117. The van der Waals surface area contributed by atoms with Crippen molar-refractivity contribution < 1.29 is 14.3 Å². The van der Waals surface area contributed by atoms with Crippen molar-refractivity contribution in [3.8, 4) is 0 Å². The van der Waals surface area contributed by atoms with Crippen LogP contribution < -0.4 is 5.32 Å². The van der Waals surface area contributed by atoms with Crippen molar-refractivity contribution in [1.29, 1.82) is 0 Å². The third-order valence-electron chi connectivity index (χ3n) is 2.08. The Kier molecular flexibility index (Phi) is 5.05. The molecule has 0 fully saturated rings. The van der Waals surface area contributed by atoms with Crippen LogP contribution >= 0.6 is 0 Å². The van der Waals surface area contributed by atoms with Gasteiger partial charge in [-0.2, -0.15) is 0 Å². The van der Waals surface area contributed by atoms with Gasteiger partial charge in [0.05, 0.1) is 13.2 Å². The van der Waals surface area contributed by atoms with E-state index in [1.54, 1.807) is 11.9 Å². The zero-order chi connectivity index (χ0) is 12.8. The maximum Gasteiger partial charge on any atom is 0.322 e. The van der Waals surface area contributed by atoms with Gasteiger partial charge in [0, 0.05) is 12.5 Å². The third kappa shape index (κ3) is 4.49. The molecule has 0 radical (unpaired) electrons. The van der Waals surface area contributed by atoms with Gasteiger partial charge >= 0.3 is 6.01 Å². The highest BCUT2D eigenvalue weighted by Gasteiger charge is 2.13. The molecule has 1 rings (SSSR count). The second kappa shape index (κ2) is 6.31. The van der Waals surface area contributed by atoms with E-state index in [1.807, 2.05) is 13.8 Å². The van der Waals surface area contributed by atoms with E-state index in [4.69, 9.17) is 9.52 Å². The maximum absolute atomic E-state index is 11.5. The number of carbonyl (C=O) groups is 1. The van der Waals surface area contributed by atoms with Crippen LogP contribution in [0, 0.1) is 0 Å². The van der Waals surface area contributed by atoms with Gasteiger partial charge in [0.15, 0.2) is 0 Å². The average Bonchev–Trinajstić information content (AvgIpc) is 2.66. The Hall–Kier alpha value is -1.47. The van der Waals surface area contributed by atoms with Crippen LogP contribution in [0.1, 0.15) is 25.7 Å². The number of rotatable bonds is 6. The molecule has 0 aliphatic rings. The number of nitrogens with zero attached hydrogens (tertiary/aromatic N) is 3. The third-order valence-corrected chi connectivity index (χ3v) is 2.08. The van der Waals surface area contributed by atoms with Crippen LogP contribution in [0.3, 0.4) is 0 Å². The van der Waals surface area contributed by atoms with Crippen molar-refractivity contribution in [2.24, 2.45) is 0 Å². The lowest BCUT2D eigenvalue weighted by Gasteiger charge is -2.13. The summed E-state index contributed by atoms with van der Waals surface area (Å²) in [6.07, 6.45) is 0. The molecule has 7 heteroatoms. The molecule has 0 aromatic carbocycles. The highest BCUT2D eigenvalue weighted by atomic mass is 16.4. The van der Waals surface area contributed by atoms with Crippen LogP contribution in [0.4, 0.5) is 6.01 Å². The molecule has 0 bridgehead atoms. The molecule has 0 atom stereocenters. The van der Waals surface area contributed by atoms with Crippen LogP contribution in [-0.4, -0.2) is 52.9 Å². The second-order valence-electron chi connectivity index (χ2n) is 4.11. The molecule has 0 unspecified atom stereocenters. The summed E-state index contributed by atoms with van der Waals surface area (Å²) < 4.78 is 5.24. The SMILES string of the molecule is CC(C)c1nnc(NC(=O)CN(C)CCO)o1. The standard InChI is InChI=1S/C10H18N4O3/c1-7(2)9-12-13-10(17-9)11-8(16)6-14(3)4-5-15/h7,15H,4-6H2,1-3H3,(H,11,13,16). The number of anilines is 1. The molecule has 0 spiro atoms. The number of aliphatic hydroxyl groups excluding tert-OH is 1. The Bertz CT molecular complexity index is 364. The highest BCUT2D eigenvalue weighted by Crippen LogP contribution is 2.14. The number of hydrogen-bond acceptors (Lipinski definition) is 6. The molecule has 2 N–H and O–H groups in total. The molecule has 17 heavy (non-hydrogen) atoms. The minimum absolute atomic E-state index is 0.0157. The smallest absolute Gasteiger partial charge is 0.322 e. The van der Waals surface area contributed by atoms with E-state index in [-0.39, 0.29) is 31.0 Å². The summed E-state index contributed by atoms with van der Waals surface area (Å²) in [6, 6.07) is 0.107. The average molecular weight is 242 g/mol. The first kappa shape index (κ1) is 13.6. The first-order valence-electron chi connectivity index (χ1n) is 5.45. The van der Waals surface area contributed by atoms with E-state index >= 15 is 0 Å². The first-order valence-corrected chi connectivity index (χ1v) is 5.45. The normalized spacial score (nSPS) is 11.2. The predicted octanol–water partition coefficient (Wildman–Crippen LogP) is 0.0556. The fourth-order valence-electron chi connectivity index (χ4n) is 1.17. The predicted molar refractivity (Wildman–Crippen MR) is 61.6 cm³/mol. The summed E-state index contributed by atoms with van der Waals surface area (Å²) >= 11 is 0. The summed E-state index contributed by atoms with van der Waals surface area (Å²) in [5, 5.41) is 18.7. The zero-order valence-electron chi connectivity index (χ0n) is 10.3. The molecule has 1 aromatic heterocycles. The molecule has 0 saturated heterocycles. The number of aromatic nitrogens is 2. The van der Waals surface area contributed by atoms with Gasteiger partial charge < -0.3 is 9.52 Å². The molecule has 96 valence electrons. The highest BCUT2D eigenvalue weighted by molar-refractivity contribution is 5.90. The quantitative estimate of drug-likeness (QED) is 0.732. The fourth-order valence-corrected chi connectivity index (χ4v) is 1.17. The number of aliphatic hydroxyl groups is 1. The largest absolute Gasteiger partial charge is 0.408 e. The van der Waals surface area contributed by atoms with Crippen LogP contribution in [0.5, 0.6) is 0 Å². The van der Waals surface area contributed by atoms with E-state index < -0.39 is 0 Å². The molecular weight excluding hydrogens is 224 g/mol. The lowest BCUT2D eigenvalue weighted by atomic mass is 10.2. The first-order chi connectivity index (χ1) is 8.02. The van der Waals surface area contributed by atoms with Crippen LogP contribution in [0.15, 0.2) is 4.42 Å². The van der Waals surface area contributed by atoms with E-state index in [0.717, 1.165) is 0 Å². The van der Waals surface area contributed by atoms with Gasteiger partial charge in [-0.25, -0.2) is 0 Å². The lowest BCUT2D eigenvalue weighted by Crippen LogP contribution is -2.32. The summed E-state index contributed by atoms with van der Waals surface area (Å²) in [7, 11) is 1.74. The van der Waals surface area contributed by atoms with E-state index in [2.05, 4.69) is 15.5 Å². The van der Waals surface area contributed by atoms with E-state index in [9.17, 15) is 4.79 Å². The molecule has 1 heterocycles. The van der Waals surface area contributed by atoms with E-state index in [1.165, 1.54) is 0 Å². The van der Waals surface area contributed by atoms with Gasteiger partial charge in [-0.05, 0) is 7.05 Å². The van der Waals surface area contributed by atoms with Gasteiger partial charge in [0.25, 0.3) is 0 Å². The van der Waals surface area contributed by atoms with E-state index in [0.29, 0.717) is 12.4 Å². The Balaban J connectivity index is 2.44. The fraction of sp³-hybridized carbons (Fsp3) is 0.700. The number of likely N-dealkylation sites (N-methyl/N-ethyl adjacent to an activating group) is 1. The van der Waals surface area contributed by atoms with Gasteiger partial charge in [-0.15, -0.1) is 5.10 Å². The van der Waals surface area contributed by atoms with Gasteiger partial charge in [0.1, 0.15) is 0 Å². The van der Waals surface area contributed by atoms with Crippen LogP contribution in [0.25, 0.3) is 0 Å².